The zero-order chi connectivity index (χ0) is 22.9. The SMILES string of the molecule is CC1CCCCCN1C(=O)c1cc(N2CCCC2)n2nc(-c3ccc(C#N)cc3F)cc2n1. The van der Waals surface area contributed by atoms with Gasteiger partial charge in [0.15, 0.2) is 5.65 Å². The summed E-state index contributed by atoms with van der Waals surface area (Å²) in [6.07, 6.45) is 6.44. The Bertz CT molecular complexity index is 1240. The van der Waals surface area contributed by atoms with Gasteiger partial charge >= 0.3 is 0 Å². The number of halogens is 1. The highest BCUT2D eigenvalue weighted by molar-refractivity contribution is 5.94. The molecule has 1 unspecified atom stereocenters. The molecule has 2 aliphatic rings. The molecule has 2 aromatic heterocycles. The molecule has 1 atom stereocenters. The molecule has 33 heavy (non-hydrogen) atoms. The number of fused-ring (bicyclic) bond motifs is 1. The van der Waals surface area contributed by atoms with Gasteiger partial charge in [-0.25, -0.2) is 9.37 Å². The monoisotopic (exact) mass is 446 g/mol. The normalized spacial score (nSPS) is 19.0. The summed E-state index contributed by atoms with van der Waals surface area (Å²) in [6.45, 7) is 4.61. The van der Waals surface area contributed by atoms with Crippen LogP contribution in [0.25, 0.3) is 16.9 Å². The first kappa shape index (κ1) is 21.4. The largest absolute Gasteiger partial charge is 0.356 e. The lowest BCUT2D eigenvalue weighted by molar-refractivity contribution is 0.0692. The second-order valence-corrected chi connectivity index (χ2v) is 9.00. The van der Waals surface area contributed by atoms with Crippen molar-refractivity contribution in [3.05, 3.63) is 47.4 Å². The van der Waals surface area contributed by atoms with Gasteiger partial charge in [-0.05, 0) is 50.8 Å². The van der Waals surface area contributed by atoms with Crippen LogP contribution in [0.15, 0.2) is 30.3 Å². The van der Waals surface area contributed by atoms with Crippen molar-refractivity contribution in [2.24, 2.45) is 0 Å². The molecule has 0 spiro atoms. The highest BCUT2D eigenvalue weighted by Gasteiger charge is 2.27. The number of carbonyl (C=O) groups excluding carboxylic acids is 1. The Morgan fingerprint density at radius 2 is 1.88 bits per heavy atom. The van der Waals surface area contributed by atoms with Crippen LogP contribution in [-0.2, 0) is 0 Å². The maximum absolute atomic E-state index is 14.7. The minimum absolute atomic E-state index is 0.0559. The zero-order valence-electron chi connectivity index (χ0n) is 18.8. The summed E-state index contributed by atoms with van der Waals surface area (Å²) >= 11 is 0. The molecule has 5 rings (SSSR count). The second kappa shape index (κ2) is 8.81. The van der Waals surface area contributed by atoms with Gasteiger partial charge in [-0.3, -0.25) is 4.79 Å². The molecule has 3 aromatic rings. The molecule has 0 radical (unpaired) electrons. The number of amides is 1. The van der Waals surface area contributed by atoms with E-state index in [4.69, 9.17) is 5.26 Å². The number of hydrogen-bond acceptors (Lipinski definition) is 5. The van der Waals surface area contributed by atoms with Crippen molar-refractivity contribution in [2.75, 3.05) is 24.5 Å². The average Bonchev–Trinajstić information content (AvgIpc) is 3.45. The first-order valence-electron chi connectivity index (χ1n) is 11.7. The number of benzene rings is 1. The Labute approximate surface area is 192 Å². The Balaban J connectivity index is 1.60. The minimum atomic E-state index is -0.505. The minimum Gasteiger partial charge on any atom is -0.356 e. The van der Waals surface area contributed by atoms with Crippen LogP contribution in [0, 0.1) is 17.1 Å². The van der Waals surface area contributed by atoms with Crippen molar-refractivity contribution in [3.8, 4) is 17.3 Å². The van der Waals surface area contributed by atoms with Crippen LogP contribution in [0.3, 0.4) is 0 Å². The van der Waals surface area contributed by atoms with Gasteiger partial charge in [0.2, 0.25) is 0 Å². The van der Waals surface area contributed by atoms with Crippen LogP contribution < -0.4 is 4.90 Å². The van der Waals surface area contributed by atoms with Gasteiger partial charge in [0.1, 0.15) is 17.3 Å². The molecule has 2 fully saturated rings. The molecule has 0 N–H and O–H groups in total. The fraction of sp³-hybridized carbons (Fsp3) is 0.440. The van der Waals surface area contributed by atoms with Gasteiger partial charge in [-0.15, -0.1) is 0 Å². The van der Waals surface area contributed by atoms with Crippen molar-refractivity contribution in [1.29, 1.82) is 5.26 Å². The predicted octanol–water partition coefficient (Wildman–Crippen LogP) is 4.41. The van der Waals surface area contributed by atoms with Gasteiger partial charge in [-0.1, -0.05) is 12.8 Å². The molecule has 2 saturated heterocycles. The summed E-state index contributed by atoms with van der Waals surface area (Å²) in [6, 6.07) is 10.0. The molecule has 7 nitrogen and oxygen atoms in total. The summed E-state index contributed by atoms with van der Waals surface area (Å²) in [7, 11) is 0. The predicted molar refractivity (Wildman–Crippen MR) is 124 cm³/mol. The van der Waals surface area contributed by atoms with Crippen LogP contribution >= 0.6 is 0 Å². The van der Waals surface area contributed by atoms with Crippen LogP contribution in [0.5, 0.6) is 0 Å². The first-order chi connectivity index (χ1) is 16.0. The van der Waals surface area contributed by atoms with Gasteiger partial charge in [0, 0.05) is 43.4 Å². The lowest BCUT2D eigenvalue weighted by Gasteiger charge is -2.27. The van der Waals surface area contributed by atoms with Crippen molar-refractivity contribution < 1.29 is 9.18 Å². The van der Waals surface area contributed by atoms with E-state index in [1.54, 1.807) is 22.7 Å². The van der Waals surface area contributed by atoms with Gasteiger partial charge in [-0.2, -0.15) is 14.9 Å². The maximum Gasteiger partial charge on any atom is 0.272 e. The molecular weight excluding hydrogens is 419 g/mol. The second-order valence-electron chi connectivity index (χ2n) is 9.00. The fourth-order valence-electron chi connectivity index (χ4n) is 4.89. The number of nitriles is 1. The van der Waals surface area contributed by atoms with E-state index < -0.39 is 5.82 Å². The third kappa shape index (κ3) is 4.04. The van der Waals surface area contributed by atoms with Crippen LogP contribution in [0.4, 0.5) is 10.2 Å². The molecule has 0 bridgehead atoms. The van der Waals surface area contributed by atoms with E-state index >= 15 is 0 Å². The van der Waals surface area contributed by atoms with Crippen LogP contribution in [-0.4, -0.2) is 51.1 Å². The summed E-state index contributed by atoms with van der Waals surface area (Å²) in [4.78, 5) is 22.3. The third-order valence-electron chi connectivity index (χ3n) is 6.75. The highest BCUT2D eigenvalue weighted by Crippen LogP contribution is 2.28. The molecular formula is C25H27FN6O. The summed E-state index contributed by atoms with van der Waals surface area (Å²) in [5.74, 6) is 0.248. The van der Waals surface area contributed by atoms with E-state index in [1.807, 2.05) is 17.0 Å². The van der Waals surface area contributed by atoms with E-state index in [2.05, 4.69) is 21.9 Å². The van der Waals surface area contributed by atoms with Crippen molar-refractivity contribution >= 4 is 17.4 Å². The molecule has 1 aromatic carbocycles. The lowest BCUT2D eigenvalue weighted by Crippen LogP contribution is -2.39. The molecule has 1 amide bonds. The van der Waals surface area contributed by atoms with Gasteiger partial charge < -0.3 is 9.80 Å². The van der Waals surface area contributed by atoms with Crippen LogP contribution in [0.2, 0.25) is 0 Å². The Morgan fingerprint density at radius 3 is 2.64 bits per heavy atom. The number of likely N-dealkylation sites (tertiary alicyclic amines) is 1. The summed E-state index contributed by atoms with van der Waals surface area (Å²) < 4.78 is 16.4. The van der Waals surface area contributed by atoms with Crippen LogP contribution in [0.1, 0.15) is 61.5 Å². The van der Waals surface area contributed by atoms with E-state index in [-0.39, 0.29) is 17.5 Å². The molecule has 0 saturated carbocycles. The maximum atomic E-state index is 14.7. The number of hydrogen-bond donors (Lipinski definition) is 0. The quantitative estimate of drug-likeness (QED) is 0.596. The fourth-order valence-corrected chi connectivity index (χ4v) is 4.89. The van der Waals surface area contributed by atoms with E-state index in [1.165, 1.54) is 6.07 Å². The Morgan fingerprint density at radius 1 is 1.09 bits per heavy atom. The van der Waals surface area contributed by atoms with E-state index in [0.29, 0.717) is 22.6 Å². The van der Waals surface area contributed by atoms with Crippen molar-refractivity contribution in [2.45, 2.75) is 51.5 Å². The van der Waals surface area contributed by atoms with Gasteiger partial charge in [0.25, 0.3) is 5.91 Å². The molecule has 2 aliphatic heterocycles. The smallest absolute Gasteiger partial charge is 0.272 e. The van der Waals surface area contributed by atoms with Crippen molar-refractivity contribution in [3.63, 3.8) is 0 Å². The van der Waals surface area contributed by atoms with Crippen molar-refractivity contribution in [1.82, 2.24) is 19.5 Å². The number of rotatable bonds is 3. The topological polar surface area (TPSA) is 77.5 Å². The molecule has 0 aliphatic carbocycles. The Kier molecular flexibility index (Phi) is 5.71. The number of carbonyl (C=O) groups is 1. The molecule has 170 valence electrons. The van der Waals surface area contributed by atoms with E-state index in [9.17, 15) is 9.18 Å². The summed E-state index contributed by atoms with van der Waals surface area (Å²) in [5, 5.41) is 13.7. The highest BCUT2D eigenvalue weighted by atomic mass is 19.1. The van der Waals surface area contributed by atoms with Gasteiger partial charge in [0.05, 0.1) is 17.3 Å². The summed E-state index contributed by atoms with van der Waals surface area (Å²) in [5.41, 5.74) is 1.92. The first-order valence-corrected chi connectivity index (χ1v) is 11.7. The number of nitrogens with zero attached hydrogens (tertiary/aromatic N) is 6. The average molecular weight is 447 g/mol. The molecule has 4 heterocycles. The molecule has 8 heteroatoms. The standard InChI is InChI=1S/C25H27FN6O/c1-17-7-3-2-4-12-31(17)25(33)22-15-24(30-10-5-6-11-30)32-23(28-22)14-21(29-32)19-9-8-18(16-27)13-20(19)26/h8-9,13-15,17H,2-7,10-12H2,1H3. The Hall–Kier alpha value is -3.47. The number of aromatic nitrogens is 3. The lowest BCUT2D eigenvalue weighted by atomic mass is 10.1. The zero-order valence-corrected chi connectivity index (χ0v) is 18.8. The number of anilines is 1. The van der Waals surface area contributed by atoms with E-state index in [0.717, 1.165) is 64.0 Å². The third-order valence-corrected chi connectivity index (χ3v) is 6.75.